The lowest BCUT2D eigenvalue weighted by molar-refractivity contribution is 0.0108. The van der Waals surface area contributed by atoms with Crippen molar-refractivity contribution in [3.05, 3.63) is 179 Å². The largest absolute Gasteiger partial charge is 0.486 e. The van der Waals surface area contributed by atoms with Gasteiger partial charge in [0, 0.05) is 36.0 Å². The highest BCUT2D eigenvalue weighted by atomic mass is 16.5. The van der Waals surface area contributed by atoms with Gasteiger partial charge < -0.3 is 9.64 Å². The summed E-state index contributed by atoms with van der Waals surface area (Å²) in [6.45, 7) is 7.56. The Bertz CT molecular complexity index is 1990. The second-order valence-electron chi connectivity index (χ2n) is 11.3. The van der Waals surface area contributed by atoms with Gasteiger partial charge in [-0.15, -0.1) is 0 Å². The Hall–Kier alpha value is -5.84. The Morgan fingerprint density at radius 3 is 2.14 bits per heavy atom. The second kappa shape index (κ2) is 11.4. The van der Waals surface area contributed by atoms with E-state index < -0.39 is 5.60 Å². The van der Waals surface area contributed by atoms with Gasteiger partial charge in [-0.3, -0.25) is 0 Å². The molecule has 210 valence electrons. The molecule has 0 radical (unpaired) electrons. The van der Waals surface area contributed by atoms with Crippen molar-refractivity contribution in [3.8, 4) is 6.07 Å². The number of allylic oxidation sites excluding steroid dienone is 3. The van der Waals surface area contributed by atoms with Gasteiger partial charge in [0.15, 0.2) is 0 Å². The van der Waals surface area contributed by atoms with Crippen LogP contribution in [0.5, 0.6) is 0 Å². The smallest absolute Gasteiger partial charge is 0.265 e. The molecule has 0 aromatic heterocycles. The highest BCUT2D eigenvalue weighted by molar-refractivity contribution is 5.98. The minimum absolute atomic E-state index is 0.133. The molecule has 4 nitrogen and oxygen atoms in total. The van der Waals surface area contributed by atoms with Crippen LogP contribution in [0.2, 0.25) is 0 Å². The van der Waals surface area contributed by atoms with E-state index in [4.69, 9.17) is 11.3 Å². The van der Waals surface area contributed by atoms with Gasteiger partial charge in [-0.25, -0.2) is 10.1 Å². The van der Waals surface area contributed by atoms with E-state index in [1.807, 2.05) is 24.3 Å². The summed E-state index contributed by atoms with van der Waals surface area (Å²) >= 11 is 0. The molecule has 0 bridgehead atoms. The van der Waals surface area contributed by atoms with Crippen LogP contribution in [0, 0.1) is 17.9 Å². The van der Waals surface area contributed by atoms with E-state index >= 15 is 0 Å². The molecule has 0 N–H and O–H groups in total. The molecule has 5 aromatic rings. The summed E-state index contributed by atoms with van der Waals surface area (Å²) in [7, 11) is 0. The molecule has 1 aliphatic heterocycles. The number of hydrogen-bond donors (Lipinski definition) is 0. The molecule has 1 spiro atoms. The van der Waals surface area contributed by atoms with E-state index in [1.165, 1.54) is 21.9 Å². The van der Waals surface area contributed by atoms with Crippen LogP contribution < -0.4 is 4.90 Å². The fraction of sp³-hybridized carbons (Fsp3) is 0.100. The van der Waals surface area contributed by atoms with Crippen LogP contribution in [0.15, 0.2) is 151 Å². The van der Waals surface area contributed by atoms with E-state index in [9.17, 15) is 5.26 Å². The summed E-state index contributed by atoms with van der Waals surface area (Å²) in [6, 6.07) is 44.3. The minimum atomic E-state index is -0.487. The Balaban J connectivity index is 1.21. The highest BCUT2D eigenvalue weighted by Gasteiger charge is 2.42. The fourth-order valence-corrected chi connectivity index (χ4v) is 6.46. The third-order valence-electron chi connectivity index (χ3n) is 8.44. The highest BCUT2D eigenvalue weighted by Crippen LogP contribution is 2.43. The van der Waals surface area contributed by atoms with Gasteiger partial charge in [-0.1, -0.05) is 97.1 Å². The minimum Gasteiger partial charge on any atom is -0.486 e. The first-order valence-electron chi connectivity index (χ1n) is 14.7. The molecule has 4 heteroatoms. The maximum Gasteiger partial charge on any atom is 0.265 e. The average Bonchev–Trinajstić information content (AvgIpc) is 3.42. The van der Waals surface area contributed by atoms with Crippen LogP contribution in [0.4, 0.5) is 17.1 Å². The molecule has 1 heterocycles. The van der Waals surface area contributed by atoms with Crippen LogP contribution in [0.3, 0.4) is 0 Å². The van der Waals surface area contributed by atoms with Crippen LogP contribution in [0.1, 0.15) is 23.1 Å². The van der Waals surface area contributed by atoms with Gasteiger partial charge in [0.1, 0.15) is 11.4 Å². The van der Waals surface area contributed by atoms with E-state index in [1.54, 1.807) is 0 Å². The van der Waals surface area contributed by atoms with Crippen LogP contribution in [0.25, 0.3) is 21.7 Å². The Labute approximate surface area is 257 Å². The summed E-state index contributed by atoms with van der Waals surface area (Å²) in [6.07, 6.45) is 7.90. The number of ether oxygens (including phenoxy) is 1. The fourth-order valence-electron chi connectivity index (χ4n) is 6.46. The van der Waals surface area contributed by atoms with Crippen LogP contribution in [-0.4, -0.2) is 5.60 Å². The molecule has 0 amide bonds. The Morgan fingerprint density at radius 2 is 1.41 bits per heavy atom. The molecule has 7 rings (SSSR count). The van der Waals surface area contributed by atoms with Crippen molar-refractivity contribution >= 4 is 33.9 Å². The maximum absolute atomic E-state index is 9.66. The van der Waals surface area contributed by atoms with Gasteiger partial charge in [0.05, 0.1) is 18.3 Å². The van der Waals surface area contributed by atoms with Crippen molar-refractivity contribution in [2.45, 2.75) is 24.9 Å². The summed E-state index contributed by atoms with van der Waals surface area (Å²) in [5, 5.41) is 12.0. The van der Waals surface area contributed by atoms with Crippen LogP contribution in [-0.2, 0) is 17.6 Å². The maximum atomic E-state index is 9.66. The number of nitriles is 1. The first-order chi connectivity index (χ1) is 21.6. The quantitative estimate of drug-likeness (QED) is 0.157. The van der Waals surface area contributed by atoms with Crippen molar-refractivity contribution in [2.24, 2.45) is 0 Å². The summed E-state index contributed by atoms with van der Waals surface area (Å²) in [5.74, 6) is 0.668. The van der Waals surface area contributed by atoms with Gasteiger partial charge in [0.25, 0.3) is 5.70 Å². The lowest BCUT2D eigenvalue weighted by atomic mass is 9.87. The number of benzene rings is 5. The molecule has 0 fully saturated rings. The second-order valence-corrected chi connectivity index (χ2v) is 11.3. The zero-order chi connectivity index (χ0) is 29.9. The van der Waals surface area contributed by atoms with Gasteiger partial charge in [-0.05, 0) is 70.1 Å². The topological polar surface area (TPSA) is 40.6 Å². The zero-order valence-corrected chi connectivity index (χ0v) is 24.2. The van der Waals surface area contributed by atoms with Gasteiger partial charge in [-0.2, -0.15) is 0 Å². The van der Waals surface area contributed by atoms with Crippen molar-refractivity contribution in [2.75, 3.05) is 4.90 Å². The van der Waals surface area contributed by atoms with Crippen molar-refractivity contribution < 1.29 is 4.74 Å². The van der Waals surface area contributed by atoms with Crippen molar-refractivity contribution in [3.63, 3.8) is 0 Å². The lowest BCUT2D eigenvalue weighted by Gasteiger charge is -2.35. The van der Waals surface area contributed by atoms with E-state index in [0.29, 0.717) is 12.2 Å². The normalized spacial score (nSPS) is 16.1. The summed E-state index contributed by atoms with van der Waals surface area (Å²) in [5.41, 5.74) is 7.21. The first kappa shape index (κ1) is 27.0. The molecule has 0 atom stereocenters. The summed E-state index contributed by atoms with van der Waals surface area (Å²) < 4.78 is 6.65. The number of nitrogens with zero attached hydrogens (tertiary/aromatic N) is 3. The van der Waals surface area contributed by atoms with Crippen LogP contribution >= 0.6 is 0 Å². The monoisotopic (exact) mass is 567 g/mol. The zero-order valence-electron chi connectivity index (χ0n) is 24.2. The third-order valence-corrected chi connectivity index (χ3v) is 8.44. The van der Waals surface area contributed by atoms with E-state index in [-0.39, 0.29) is 5.70 Å². The molecular weight excluding hydrogens is 538 g/mol. The molecule has 0 saturated carbocycles. The number of rotatable bonds is 5. The van der Waals surface area contributed by atoms with E-state index in [2.05, 4.69) is 131 Å². The average molecular weight is 568 g/mol. The van der Waals surface area contributed by atoms with Gasteiger partial charge >= 0.3 is 0 Å². The summed E-state index contributed by atoms with van der Waals surface area (Å²) in [4.78, 5) is 5.81. The molecule has 5 aromatic carbocycles. The molecular formula is C40H29N3O. The Morgan fingerprint density at radius 1 is 0.750 bits per heavy atom. The molecule has 44 heavy (non-hydrogen) atoms. The molecule has 0 saturated heterocycles. The van der Waals surface area contributed by atoms with E-state index in [0.717, 1.165) is 41.0 Å². The molecule has 1 aliphatic carbocycles. The van der Waals surface area contributed by atoms with Crippen molar-refractivity contribution in [1.29, 1.82) is 5.26 Å². The SMILES string of the molecule is [C-]#[N+]/C(C#N)=C1C=C(/C=C/c2ccc(N(c3ccccc3)c3cccc4ccccc34)cc2)OC2(C\1)Cc1ccccc1C2. The number of anilines is 3. The third kappa shape index (κ3) is 5.15. The number of fused-ring (bicyclic) bond motifs is 2. The standard InChI is InChI=1S/C40H29N3O/c1-42-38(28-41)33-24-36(44-40(27-33)25-31-11-5-6-12-32(31)26-40)23-20-29-18-21-35(22-19-29)43(34-14-3-2-4-15-34)39-17-9-13-30-10-7-8-16-37(30)39/h2-24H,25-27H2/b23-20+,38-33+. The van der Waals surface area contributed by atoms with Gasteiger partial charge in [0.2, 0.25) is 0 Å². The molecule has 0 unspecified atom stereocenters. The Kier molecular flexibility index (Phi) is 7.03. The predicted octanol–water partition coefficient (Wildman–Crippen LogP) is 9.86. The lowest BCUT2D eigenvalue weighted by Crippen LogP contribution is -2.36. The predicted molar refractivity (Wildman–Crippen MR) is 177 cm³/mol. The first-order valence-corrected chi connectivity index (χ1v) is 14.7. The van der Waals surface area contributed by atoms with Crippen molar-refractivity contribution in [1.82, 2.24) is 0 Å². The molecule has 2 aliphatic rings. The number of para-hydroxylation sites is 1. The number of hydrogen-bond acceptors (Lipinski definition) is 3.